The molecule has 2 N–H and O–H groups in total. The van der Waals surface area contributed by atoms with E-state index in [4.69, 9.17) is 9.97 Å². The number of pyridine rings is 2. The third kappa shape index (κ3) is 6.18. The summed E-state index contributed by atoms with van der Waals surface area (Å²) in [6, 6.07) is 35.4. The van der Waals surface area contributed by atoms with Crippen LogP contribution in [0.4, 0.5) is 0 Å². The lowest BCUT2D eigenvalue weighted by Gasteiger charge is -2.11. The van der Waals surface area contributed by atoms with Gasteiger partial charge in [-0.15, -0.1) is 22.7 Å². The van der Waals surface area contributed by atoms with Gasteiger partial charge in [0, 0.05) is 33.6 Å². The van der Waals surface area contributed by atoms with E-state index in [0.29, 0.717) is 24.2 Å². The maximum Gasteiger partial charge on any atom is 0.252 e. The number of nitrogens with one attached hydrogen (secondary N) is 2. The van der Waals surface area contributed by atoms with E-state index in [0.717, 1.165) is 54.1 Å². The maximum absolute atomic E-state index is 13.4. The van der Waals surface area contributed by atoms with Crippen molar-refractivity contribution >= 4 is 56.3 Å². The Balaban J connectivity index is 1.03. The van der Waals surface area contributed by atoms with E-state index in [-0.39, 0.29) is 11.8 Å². The molecule has 0 bridgehead atoms. The fourth-order valence-electron chi connectivity index (χ4n) is 5.45. The number of aryl methyl sites for hydroxylation is 2. The number of rotatable bonds is 8. The van der Waals surface area contributed by atoms with Gasteiger partial charge in [0.2, 0.25) is 0 Å². The van der Waals surface area contributed by atoms with Gasteiger partial charge in [-0.3, -0.25) is 9.59 Å². The standard InChI is InChI=1S/C38H30N4O2S2/c1-23-11-17-35(45-23)33-19-29(27-7-3-5-9-31(27)41-33)37(43)39-21-25-13-15-26(16-14-25)22-40-38(44)30-20-34(36-18-12-24(2)46-36)42-32-10-6-4-8-28(30)32/h3-20H,21-22H2,1-2H3,(H,39,43)(H,40,44). The minimum Gasteiger partial charge on any atom is -0.348 e. The number of carbonyl (C=O) groups excluding carboxylic acids is 2. The van der Waals surface area contributed by atoms with Crippen molar-refractivity contribution in [2.75, 3.05) is 0 Å². The van der Waals surface area contributed by atoms with Crippen LogP contribution in [0.2, 0.25) is 0 Å². The molecule has 0 fully saturated rings. The Morgan fingerprint density at radius 1 is 0.565 bits per heavy atom. The number of carbonyl (C=O) groups is 2. The summed E-state index contributed by atoms with van der Waals surface area (Å²) >= 11 is 3.33. The molecule has 0 saturated heterocycles. The van der Waals surface area contributed by atoms with Crippen LogP contribution in [-0.4, -0.2) is 21.8 Å². The highest BCUT2D eigenvalue weighted by Crippen LogP contribution is 2.31. The number of hydrogen-bond donors (Lipinski definition) is 2. The molecule has 8 heteroatoms. The van der Waals surface area contributed by atoms with E-state index in [2.05, 4.69) is 36.6 Å². The second-order valence-corrected chi connectivity index (χ2v) is 13.7. The largest absolute Gasteiger partial charge is 0.348 e. The second-order valence-electron chi connectivity index (χ2n) is 11.1. The Morgan fingerprint density at radius 2 is 0.978 bits per heavy atom. The van der Waals surface area contributed by atoms with Gasteiger partial charge in [0.25, 0.3) is 11.8 Å². The number of benzene rings is 3. The third-order valence-electron chi connectivity index (χ3n) is 7.84. The van der Waals surface area contributed by atoms with Crippen LogP contribution in [-0.2, 0) is 13.1 Å². The summed E-state index contributed by atoms with van der Waals surface area (Å²) in [6.45, 7) is 4.88. The Bertz CT molecular complexity index is 2080. The molecule has 7 aromatic rings. The quantitative estimate of drug-likeness (QED) is 0.174. The van der Waals surface area contributed by atoms with Crippen LogP contribution in [0.15, 0.2) is 109 Å². The highest BCUT2D eigenvalue weighted by molar-refractivity contribution is 7.15. The molecule has 226 valence electrons. The van der Waals surface area contributed by atoms with Crippen molar-refractivity contribution in [2.45, 2.75) is 26.9 Å². The SMILES string of the molecule is Cc1ccc(-c2cc(C(=O)NCc3ccc(CNC(=O)c4cc(-c5ccc(C)s5)nc5ccccc45)cc3)c3ccccc3n2)s1. The van der Waals surface area contributed by atoms with Crippen LogP contribution in [0, 0.1) is 13.8 Å². The summed E-state index contributed by atoms with van der Waals surface area (Å²) in [7, 11) is 0. The van der Waals surface area contributed by atoms with Crippen LogP contribution < -0.4 is 10.6 Å². The molecule has 4 aromatic heterocycles. The number of thiophene rings is 2. The highest BCUT2D eigenvalue weighted by atomic mass is 32.1. The number of aromatic nitrogens is 2. The highest BCUT2D eigenvalue weighted by Gasteiger charge is 2.16. The molecule has 0 saturated carbocycles. The Hall–Kier alpha value is -5.18. The molecule has 0 unspecified atom stereocenters. The normalized spacial score (nSPS) is 11.2. The Kier molecular flexibility index (Phi) is 8.13. The lowest BCUT2D eigenvalue weighted by Crippen LogP contribution is -2.24. The predicted octanol–water partition coefficient (Wildman–Crippen LogP) is 8.72. The predicted molar refractivity (Wildman–Crippen MR) is 188 cm³/mol. The Labute approximate surface area is 274 Å². The summed E-state index contributed by atoms with van der Waals surface area (Å²) in [5.74, 6) is -0.294. The number of para-hydroxylation sites is 2. The first-order valence-electron chi connectivity index (χ1n) is 15.0. The third-order valence-corrected chi connectivity index (χ3v) is 9.88. The molecule has 46 heavy (non-hydrogen) atoms. The molecule has 4 heterocycles. The average Bonchev–Trinajstić information content (AvgIpc) is 3.73. The molecule has 7 rings (SSSR count). The van der Waals surface area contributed by atoms with Gasteiger partial charge < -0.3 is 10.6 Å². The van der Waals surface area contributed by atoms with Crippen molar-refractivity contribution in [1.29, 1.82) is 0 Å². The first-order chi connectivity index (χ1) is 22.4. The van der Waals surface area contributed by atoms with Crippen molar-refractivity contribution in [3.05, 3.63) is 141 Å². The van der Waals surface area contributed by atoms with Crippen molar-refractivity contribution in [3.63, 3.8) is 0 Å². The van der Waals surface area contributed by atoms with E-state index >= 15 is 0 Å². The fraction of sp³-hybridized carbons (Fsp3) is 0.105. The zero-order chi connectivity index (χ0) is 31.6. The molecule has 0 radical (unpaired) electrons. The molecule has 2 amide bonds. The zero-order valence-corrected chi connectivity index (χ0v) is 27.0. The van der Waals surface area contributed by atoms with Crippen LogP contribution in [0.5, 0.6) is 0 Å². The summed E-state index contributed by atoms with van der Waals surface area (Å²) < 4.78 is 0. The van der Waals surface area contributed by atoms with Gasteiger partial charge in [-0.2, -0.15) is 0 Å². The Morgan fingerprint density at radius 3 is 1.37 bits per heavy atom. The lowest BCUT2D eigenvalue weighted by molar-refractivity contribution is 0.0944. The summed E-state index contributed by atoms with van der Waals surface area (Å²) in [4.78, 5) is 40.9. The smallest absolute Gasteiger partial charge is 0.252 e. The lowest BCUT2D eigenvalue weighted by atomic mass is 10.1. The summed E-state index contributed by atoms with van der Waals surface area (Å²) in [5, 5.41) is 7.81. The first-order valence-corrected chi connectivity index (χ1v) is 16.6. The molecular formula is C38H30N4O2S2. The van der Waals surface area contributed by atoms with E-state index in [1.165, 1.54) is 9.75 Å². The zero-order valence-electron chi connectivity index (χ0n) is 25.3. The van der Waals surface area contributed by atoms with Gasteiger partial charge >= 0.3 is 0 Å². The van der Waals surface area contributed by atoms with Gasteiger partial charge in [-0.25, -0.2) is 9.97 Å². The number of amides is 2. The molecule has 6 nitrogen and oxygen atoms in total. The second kappa shape index (κ2) is 12.7. The van der Waals surface area contributed by atoms with E-state index in [1.54, 1.807) is 22.7 Å². The van der Waals surface area contributed by atoms with Crippen molar-refractivity contribution in [1.82, 2.24) is 20.6 Å². The van der Waals surface area contributed by atoms with Crippen LogP contribution >= 0.6 is 22.7 Å². The van der Waals surface area contributed by atoms with Crippen LogP contribution in [0.3, 0.4) is 0 Å². The van der Waals surface area contributed by atoms with E-state index in [9.17, 15) is 9.59 Å². The molecule has 0 spiro atoms. The van der Waals surface area contributed by atoms with Gasteiger partial charge in [0.15, 0.2) is 0 Å². The maximum atomic E-state index is 13.4. The van der Waals surface area contributed by atoms with Gasteiger partial charge in [-0.05, 0) is 73.5 Å². The van der Waals surface area contributed by atoms with E-state index in [1.807, 2.05) is 97.1 Å². The summed E-state index contributed by atoms with van der Waals surface area (Å²) in [6.07, 6.45) is 0. The molecular weight excluding hydrogens is 609 g/mol. The van der Waals surface area contributed by atoms with E-state index < -0.39 is 0 Å². The van der Waals surface area contributed by atoms with Crippen molar-refractivity contribution in [2.24, 2.45) is 0 Å². The van der Waals surface area contributed by atoms with Crippen LogP contribution in [0.1, 0.15) is 41.6 Å². The van der Waals surface area contributed by atoms with Crippen molar-refractivity contribution < 1.29 is 9.59 Å². The molecule has 0 aliphatic rings. The molecule has 3 aromatic carbocycles. The minimum atomic E-state index is -0.147. The molecule has 0 aliphatic carbocycles. The van der Waals surface area contributed by atoms with Crippen molar-refractivity contribution in [3.8, 4) is 21.1 Å². The monoisotopic (exact) mass is 638 g/mol. The minimum absolute atomic E-state index is 0.147. The van der Waals surface area contributed by atoms with Crippen LogP contribution in [0.25, 0.3) is 42.9 Å². The average molecular weight is 639 g/mol. The molecule has 0 aliphatic heterocycles. The summed E-state index contributed by atoms with van der Waals surface area (Å²) in [5.41, 5.74) is 6.31. The number of fused-ring (bicyclic) bond motifs is 2. The van der Waals surface area contributed by atoms with Gasteiger partial charge in [0.1, 0.15) is 0 Å². The number of nitrogens with zero attached hydrogens (tertiary/aromatic N) is 2. The van der Waals surface area contributed by atoms with Gasteiger partial charge in [-0.1, -0.05) is 60.7 Å². The number of hydrogen-bond acceptors (Lipinski definition) is 6. The topological polar surface area (TPSA) is 84.0 Å². The van der Waals surface area contributed by atoms with Gasteiger partial charge in [0.05, 0.1) is 43.3 Å². The fourth-order valence-corrected chi connectivity index (χ4v) is 7.11. The molecule has 0 atom stereocenters. The first kappa shape index (κ1) is 29.5.